The lowest BCUT2D eigenvalue weighted by Gasteiger charge is -2.09. The van der Waals surface area contributed by atoms with E-state index in [4.69, 9.17) is 5.11 Å². The van der Waals surface area contributed by atoms with E-state index in [2.05, 4.69) is 4.99 Å². The fraction of sp³-hybridized carbons (Fsp3) is 0.214. The summed E-state index contributed by atoms with van der Waals surface area (Å²) in [6.45, 7) is 1.29. The molecule has 2 unspecified atom stereocenters. The number of nitrogens with zero attached hydrogens (tertiary/aromatic N) is 1. The van der Waals surface area contributed by atoms with E-state index < -0.39 is 23.5 Å². The van der Waals surface area contributed by atoms with Crippen molar-refractivity contribution in [1.82, 2.24) is 0 Å². The molecule has 0 aliphatic heterocycles. The minimum Gasteiger partial charge on any atom is -0.499 e. The number of aliphatic hydroxyl groups excluding tert-OH is 1. The Morgan fingerprint density at radius 1 is 1.38 bits per heavy atom. The maximum atomic E-state index is 12.2. The van der Waals surface area contributed by atoms with Gasteiger partial charge >= 0.3 is 5.97 Å². The first kappa shape index (κ1) is 15.1. The molecular formula is C14H13NO5S. The first-order valence-electron chi connectivity index (χ1n) is 6.10. The van der Waals surface area contributed by atoms with Crippen LogP contribution in [0.25, 0.3) is 10.1 Å². The van der Waals surface area contributed by atoms with Gasteiger partial charge in [-0.2, -0.15) is 0 Å². The highest BCUT2D eigenvalue weighted by Gasteiger charge is 2.21. The van der Waals surface area contributed by atoms with Gasteiger partial charge in [-0.15, -0.1) is 0 Å². The Balaban J connectivity index is 2.52. The van der Waals surface area contributed by atoms with Crippen LogP contribution in [0.2, 0.25) is 0 Å². The number of benzene rings is 1. The first-order valence-corrected chi connectivity index (χ1v) is 6.92. The van der Waals surface area contributed by atoms with Crippen LogP contribution < -0.4 is 5.43 Å². The summed E-state index contributed by atoms with van der Waals surface area (Å²) in [5.74, 6) is -1.31. The molecule has 2 rings (SSSR count). The lowest BCUT2D eigenvalue weighted by molar-refractivity contribution is -0.140. The van der Waals surface area contributed by atoms with E-state index in [0.29, 0.717) is 10.1 Å². The monoisotopic (exact) mass is 307 g/mol. The maximum Gasteiger partial charge on any atom is 0.331 e. The molecule has 1 aromatic heterocycles. The number of hydrogen-bond acceptors (Lipinski definition) is 6. The van der Waals surface area contributed by atoms with Crippen molar-refractivity contribution in [3.63, 3.8) is 0 Å². The Bertz CT molecular complexity index is 766. The van der Waals surface area contributed by atoms with Crippen LogP contribution >= 0.6 is 11.3 Å². The number of carboxylic acid groups (broad SMARTS) is 1. The van der Waals surface area contributed by atoms with Crippen LogP contribution in [0.15, 0.2) is 34.1 Å². The van der Waals surface area contributed by atoms with E-state index in [1.807, 2.05) is 0 Å². The number of aliphatic imine (C=N–C) groups is 1. The van der Waals surface area contributed by atoms with Crippen molar-refractivity contribution in [3.8, 4) is 5.06 Å². The van der Waals surface area contributed by atoms with E-state index in [9.17, 15) is 19.8 Å². The van der Waals surface area contributed by atoms with Crippen molar-refractivity contribution in [2.45, 2.75) is 19.1 Å². The molecule has 6 nitrogen and oxygen atoms in total. The highest BCUT2D eigenvalue weighted by atomic mass is 32.1. The number of carbonyl (C=O) groups is 1. The van der Waals surface area contributed by atoms with E-state index in [1.54, 1.807) is 24.3 Å². The third kappa shape index (κ3) is 3.09. The van der Waals surface area contributed by atoms with Crippen LogP contribution in [-0.4, -0.2) is 39.6 Å². The van der Waals surface area contributed by atoms with Crippen LogP contribution in [0, 0.1) is 0 Å². The molecule has 0 aliphatic carbocycles. The second-order valence-corrected chi connectivity index (χ2v) is 5.48. The largest absolute Gasteiger partial charge is 0.499 e. The standard InChI is InChI=1S/C14H13NO5S/c1-7(16)11(13(18)19)15-6-9-12(17)8-4-2-3-5-10(8)21-14(9)20/h2-7,11,16,20H,1H3,(H,18,19). The average molecular weight is 307 g/mol. The summed E-state index contributed by atoms with van der Waals surface area (Å²) in [7, 11) is 0. The topological polar surface area (TPSA) is 107 Å². The third-order valence-electron chi connectivity index (χ3n) is 2.89. The Labute approximate surface area is 123 Å². The lowest BCUT2D eigenvalue weighted by Crippen LogP contribution is -2.30. The smallest absolute Gasteiger partial charge is 0.331 e. The van der Waals surface area contributed by atoms with Crippen LogP contribution in [0.1, 0.15) is 12.5 Å². The molecule has 0 aliphatic rings. The van der Waals surface area contributed by atoms with Crippen molar-refractivity contribution in [1.29, 1.82) is 0 Å². The molecule has 1 aromatic carbocycles. The quantitative estimate of drug-likeness (QED) is 0.736. The number of rotatable bonds is 4. The molecule has 110 valence electrons. The molecule has 0 bridgehead atoms. The molecule has 0 amide bonds. The summed E-state index contributed by atoms with van der Waals surface area (Å²) >= 11 is 1.01. The van der Waals surface area contributed by atoms with Crippen LogP contribution in [-0.2, 0) is 4.79 Å². The summed E-state index contributed by atoms with van der Waals surface area (Å²) in [4.78, 5) is 26.9. The zero-order chi connectivity index (χ0) is 15.6. The molecule has 2 aromatic rings. The minimum absolute atomic E-state index is 0.0781. The van der Waals surface area contributed by atoms with Gasteiger partial charge in [0.1, 0.15) is 0 Å². The first-order chi connectivity index (χ1) is 9.91. The average Bonchev–Trinajstić information content (AvgIpc) is 2.41. The second-order valence-electron chi connectivity index (χ2n) is 4.45. The summed E-state index contributed by atoms with van der Waals surface area (Å²) in [5.41, 5.74) is -0.508. The zero-order valence-electron chi connectivity index (χ0n) is 11.1. The molecule has 0 saturated carbocycles. The highest BCUT2D eigenvalue weighted by Crippen LogP contribution is 2.26. The van der Waals surface area contributed by atoms with E-state index in [-0.39, 0.29) is 10.6 Å². The highest BCUT2D eigenvalue weighted by molar-refractivity contribution is 7.20. The maximum absolute atomic E-state index is 12.2. The molecule has 2 atom stereocenters. The Hall–Kier alpha value is -2.25. The van der Waals surface area contributed by atoms with Crippen molar-refractivity contribution in [2.75, 3.05) is 0 Å². The van der Waals surface area contributed by atoms with Crippen LogP contribution in [0.4, 0.5) is 0 Å². The SMILES string of the molecule is CC(O)C(N=Cc1c(O)sc2ccccc2c1=O)C(=O)O. The number of hydrogen-bond donors (Lipinski definition) is 3. The molecule has 0 fully saturated rings. The molecule has 3 N–H and O–H groups in total. The van der Waals surface area contributed by atoms with Gasteiger partial charge in [0.2, 0.25) is 5.43 Å². The summed E-state index contributed by atoms with van der Waals surface area (Å²) in [6.07, 6.45) is -0.202. The fourth-order valence-corrected chi connectivity index (χ4v) is 2.69. The van der Waals surface area contributed by atoms with Gasteiger partial charge in [0, 0.05) is 16.3 Å². The van der Waals surface area contributed by atoms with Gasteiger partial charge < -0.3 is 15.3 Å². The van der Waals surface area contributed by atoms with Crippen molar-refractivity contribution >= 4 is 33.6 Å². The van der Waals surface area contributed by atoms with Crippen LogP contribution in [0.3, 0.4) is 0 Å². The zero-order valence-corrected chi connectivity index (χ0v) is 11.9. The number of aliphatic carboxylic acids is 1. The molecule has 0 saturated heterocycles. The molecule has 21 heavy (non-hydrogen) atoms. The fourth-order valence-electron chi connectivity index (χ4n) is 1.81. The van der Waals surface area contributed by atoms with Crippen molar-refractivity contribution in [2.24, 2.45) is 4.99 Å². The van der Waals surface area contributed by atoms with E-state index in [1.165, 1.54) is 6.92 Å². The Morgan fingerprint density at radius 3 is 2.67 bits per heavy atom. The number of aliphatic hydroxyl groups is 1. The molecule has 7 heteroatoms. The minimum atomic E-state index is -1.39. The van der Waals surface area contributed by atoms with Crippen molar-refractivity contribution in [3.05, 3.63) is 40.1 Å². The molecule has 0 radical (unpaired) electrons. The normalized spacial score (nSPS) is 14.4. The van der Waals surface area contributed by atoms with Gasteiger partial charge in [-0.05, 0) is 19.1 Å². The van der Waals surface area contributed by atoms with Gasteiger partial charge in [0.15, 0.2) is 11.1 Å². The lowest BCUT2D eigenvalue weighted by atomic mass is 10.2. The third-order valence-corrected chi connectivity index (χ3v) is 3.88. The number of carboxylic acids is 1. The van der Waals surface area contributed by atoms with Gasteiger partial charge in [-0.3, -0.25) is 9.79 Å². The van der Waals surface area contributed by atoms with Gasteiger partial charge in [0.25, 0.3) is 0 Å². The number of aromatic hydroxyl groups is 1. The summed E-state index contributed by atoms with van der Waals surface area (Å²) in [6, 6.07) is 5.39. The summed E-state index contributed by atoms with van der Waals surface area (Å²) < 4.78 is 0.627. The van der Waals surface area contributed by atoms with Gasteiger partial charge in [-0.1, -0.05) is 23.5 Å². The Morgan fingerprint density at radius 2 is 2.05 bits per heavy atom. The number of fused-ring (bicyclic) bond motifs is 1. The van der Waals surface area contributed by atoms with Crippen LogP contribution in [0.5, 0.6) is 5.06 Å². The van der Waals surface area contributed by atoms with Gasteiger partial charge in [0.05, 0.1) is 11.7 Å². The second kappa shape index (κ2) is 6.02. The predicted octanol–water partition coefficient (Wildman–Crippen LogP) is 1.22. The predicted molar refractivity (Wildman–Crippen MR) is 80.5 cm³/mol. The van der Waals surface area contributed by atoms with E-state index in [0.717, 1.165) is 17.6 Å². The van der Waals surface area contributed by atoms with Gasteiger partial charge in [-0.25, -0.2) is 4.79 Å². The molecule has 1 heterocycles. The van der Waals surface area contributed by atoms with E-state index >= 15 is 0 Å². The van der Waals surface area contributed by atoms with Crippen molar-refractivity contribution < 1.29 is 20.1 Å². The Kier molecular flexibility index (Phi) is 4.35. The summed E-state index contributed by atoms with van der Waals surface area (Å²) in [5, 5.41) is 28.3. The molecule has 0 spiro atoms. The molecular weight excluding hydrogens is 294 g/mol.